The minimum atomic E-state index is -0.268. The minimum Gasteiger partial charge on any atom is -0.341 e. The first-order valence-electron chi connectivity index (χ1n) is 12.4. The Morgan fingerprint density at radius 2 is 1.94 bits per heavy atom. The highest BCUT2D eigenvalue weighted by atomic mass is 19.1. The molecule has 6 rings (SSSR count). The van der Waals surface area contributed by atoms with Crippen LogP contribution in [0, 0.1) is 5.82 Å². The first-order valence-corrected chi connectivity index (χ1v) is 12.4. The average Bonchev–Trinajstić information content (AvgIpc) is 3.64. The predicted molar refractivity (Wildman–Crippen MR) is 139 cm³/mol. The molecule has 0 amide bonds. The van der Waals surface area contributed by atoms with Gasteiger partial charge in [0.15, 0.2) is 0 Å². The number of H-pyrrole nitrogens is 2. The molecule has 7 heteroatoms. The molecule has 178 valence electrons. The third-order valence-electron chi connectivity index (χ3n) is 6.82. The van der Waals surface area contributed by atoms with E-state index in [0.717, 1.165) is 70.5 Å². The first kappa shape index (κ1) is 21.9. The Morgan fingerprint density at radius 3 is 2.77 bits per heavy atom. The van der Waals surface area contributed by atoms with Crippen LogP contribution in [-0.4, -0.2) is 33.0 Å². The van der Waals surface area contributed by atoms with Crippen molar-refractivity contribution >= 4 is 21.8 Å². The van der Waals surface area contributed by atoms with E-state index in [1.54, 1.807) is 12.3 Å². The fourth-order valence-corrected chi connectivity index (χ4v) is 4.97. The molecule has 5 aromatic rings. The lowest BCUT2D eigenvalue weighted by Gasteiger charge is -2.07. The summed E-state index contributed by atoms with van der Waals surface area (Å²) >= 11 is 0. The van der Waals surface area contributed by atoms with Crippen LogP contribution in [0.2, 0.25) is 0 Å². The molecule has 6 nitrogen and oxygen atoms in total. The number of benzene rings is 3. The Hall–Kier alpha value is -3.55. The van der Waals surface area contributed by atoms with Gasteiger partial charge in [0.05, 0.1) is 35.5 Å². The summed E-state index contributed by atoms with van der Waals surface area (Å²) in [5.74, 6) is 1.55. The van der Waals surface area contributed by atoms with Crippen molar-refractivity contribution in [1.82, 2.24) is 30.6 Å². The lowest BCUT2D eigenvalue weighted by molar-refractivity contribution is 0.614. The van der Waals surface area contributed by atoms with Crippen molar-refractivity contribution in [3.8, 4) is 22.4 Å². The fraction of sp³-hybridized carbons (Fsp3) is 0.286. The van der Waals surface area contributed by atoms with E-state index in [2.05, 4.69) is 56.8 Å². The molecule has 1 aliphatic heterocycles. The molecule has 35 heavy (non-hydrogen) atoms. The van der Waals surface area contributed by atoms with Crippen LogP contribution in [-0.2, 0) is 6.54 Å². The summed E-state index contributed by atoms with van der Waals surface area (Å²) in [6.45, 7) is 4.73. The molecule has 0 bridgehead atoms. The van der Waals surface area contributed by atoms with E-state index in [-0.39, 0.29) is 5.82 Å². The molecule has 4 N–H and O–H groups in total. The maximum absolute atomic E-state index is 15.1. The van der Waals surface area contributed by atoms with Crippen LogP contribution >= 0.6 is 0 Å². The number of halogens is 1. The highest BCUT2D eigenvalue weighted by molar-refractivity contribution is 6.05. The maximum atomic E-state index is 15.1. The number of fused-ring (bicyclic) bond motifs is 3. The van der Waals surface area contributed by atoms with Crippen molar-refractivity contribution in [2.45, 2.75) is 38.8 Å². The summed E-state index contributed by atoms with van der Waals surface area (Å²) in [6, 6.07) is 16.1. The summed E-state index contributed by atoms with van der Waals surface area (Å²) in [6.07, 6.45) is 5.05. The zero-order valence-electron chi connectivity index (χ0n) is 19.8. The van der Waals surface area contributed by atoms with Gasteiger partial charge in [-0.3, -0.25) is 0 Å². The van der Waals surface area contributed by atoms with Crippen LogP contribution in [0.5, 0.6) is 0 Å². The number of nitrogens with zero attached hydrogens (tertiary/aromatic N) is 2. The molecule has 0 unspecified atom stereocenters. The van der Waals surface area contributed by atoms with Gasteiger partial charge in [-0.25, -0.2) is 14.4 Å². The zero-order valence-corrected chi connectivity index (χ0v) is 19.8. The van der Waals surface area contributed by atoms with Gasteiger partial charge >= 0.3 is 0 Å². The molecule has 0 aliphatic carbocycles. The molecular formula is C28H29FN6. The number of aromatic nitrogens is 4. The monoisotopic (exact) mass is 468 g/mol. The molecule has 1 fully saturated rings. The Morgan fingerprint density at radius 1 is 1.06 bits per heavy atom. The lowest BCUT2D eigenvalue weighted by atomic mass is 9.99. The number of hydrogen-bond acceptors (Lipinski definition) is 4. The zero-order chi connectivity index (χ0) is 23.8. The van der Waals surface area contributed by atoms with E-state index in [1.165, 1.54) is 6.42 Å². The molecule has 3 heterocycles. The fourth-order valence-electron chi connectivity index (χ4n) is 4.97. The van der Waals surface area contributed by atoms with E-state index in [1.807, 2.05) is 18.2 Å². The van der Waals surface area contributed by atoms with Gasteiger partial charge in [0.1, 0.15) is 17.5 Å². The van der Waals surface area contributed by atoms with E-state index in [0.29, 0.717) is 23.8 Å². The Balaban J connectivity index is 1.29. The van der Waals surface area contributed by atoms with Crippen LogP contribution in [0.15, 0.2) is 54.7 Å². The maximum Gasteiger partial charge on any atom is 0.133 e. The molecule has 0 saturated carbocycles. The van der Waals surface area contributed by atoms with Crippen molar-refractivity contribution in [2.75, 3.05) is 13.1 Å². The third-order valence-corrected chi connectivity index (χ3v) is 6.82. The van der Waals surface area contributed by atoms with Crippen LogP contribution in [0.4, 0.5) is 4.39 Å². The summed E-state index contributed by atoms with van der Waals surface area (Å²) in [5.41, 5.74) is 5.07. The average molecular weight is 469 g/mol. The van der Waals surface area contributed by atoms with Gasteiger partial charge in [-0.05, 0) is 73.1 Å². The Kier molecular flexibility index (Phi) is 5.80. The van der Waals surface area contributed by atoms with Crippen molar-refractivity contribution in [1.29, 1.82) is 0 Å². The quantitative estimate of drug-likeness (QED) is 0.226. The van der Waals surface area contributed by atoms with E-state index in [9.17, 15) is 0 Å². The number of rotatable bonds is 7. The Bertz CT molecular complexity index is 1490. The van der Waals surface area contributed by atoms with Crippen molar-refractivity contribution in [3.05, 3.63) is 72.2 Å². The third kappa shape index (κ3) is 4.22. The van der Waals surface area contributed by atoms with Crippen LogP contribution in [0.25, 0.3) is 44.2 Å². The highest BCUT2D eigenvalue weighted by Gasteiger charge is 2.20. The van der Waals surface area contributed by atoms with Gasteiger partial charge in [-0.2, -0.15) is 0 Å². The minimum absolute atomic E-state index is 0.268. The molecule has 1 saturated heterocycles. The largest absolute Gasteiger partial charge is 0.341 e. The number of aromatic amines is 2. The second-order valence-corrected chi connectivity index (χ2v) is 9.28. The van der Waals surface area contributed by atoms with E-state index < -0.39 is 0 Å². The van der Waals surface area contributed by atoms with Gasteiger partial charge in [-0.15, -0.1) is 0 Å². The van der Waals surface area contributed by atoms with Gasteiger partial charge in [0, 0.05) is 10.9 Å². The van der Waals surface area contributed by atoms with Crippen LogP contribution < -0.4 is 10.6 Å². The topological polar surface area (TPSA) is 81.4 Å². The van der Waals surface area contributed by atoms with Gasteiger partial charge < -0.3 is 20.6 Å². The molecule has 0 radical (unpaired) electrons. The molecule has 1 atom stereocenters. The van der Waals surface area contributed by atoms with Crippen LogP contribution in [0.1, 0.15) is 43.9 Å². The smallest absolute Gasteiger partial charge is 0.133 e. The van der Waals surface area contributed by atoms with Gasteiger partial charge in [-0.1, -0.05) is 31.2 Å². The molecule has 1 aliphatic rings. The standard InChI is InChI=1S/C28H29FN6/c1-2-11-30-16-26-32-15-25(33-26)21-9-6-18(14-22(21)29)17-5-8-20-19(13-17)7-10-23-27(20)35-28(34-23)24-4-3-12-31-24/h5-10,13-15,24,30-31H,2-4,11-12,16H2,1H3,(H,32,33)(H,34,35)/t24-/m0/s1. The number of nitrogens with one attached hydrogen (secondary N) is 4. The van der Waals surface area contributed by atoms with Crippen molar-refractivity contribution in [3.63, 3.8) is 0 Å². The van der Waals surface area contributed by atoms with Gasteiger partial charge in [0.2, 0.25) is 0 Å². The number of imidazole rings is 2. The van der Waals surface area contributed by atoms with E-state index in [4.69, 9.17) is 4.98 Å². The van der Waals surface area contributed by atoms with E-state index >= 15 is 4.39 Å². The van der Waals surface area contributed by atoms with Gasteiger partial charge in [0.25, 0.3) is 0 Å². The summed E-state index contributed by atoms with van der Waals surface area (Å²) < 4.78 is 15.1. The second-order valence-electron chi connectivity index (χ2n) is 9.28. The molecular weight excluding hydrogens is 439 g/mol. The first-order chi connectivity index (χ1) is 17.2. The summed E-state index contributed by atoms with van der Waals surface area (Å²) in [4.78, 5) is 16.0. The highest BCUT2D eigenvalue weighted by Crippen LogP contribution is 2.32. The van der Waals surface area contributed by atoms with Crippen molar-refractivity contribution < 1.29 is 4.39 Å². The molecule has 2 aromatic heterocycles. The second kappa shape index (κ2) is 9.24. The Labute approximate surface area is 203 Å². The lowest BCUT2D eigenvalue weighted by Crippen LogP contribution is -2.14. The van der Waals surface area contributed by atoms with Crippen LogP contribution in [0.3, 0.4) is 0 Å². The van der Waals surface area contributed by atoms with Crippen molar-refractivity contribution in [2.24, 2.45) is 0 Å². The SMILES string of the molecule is CCCNCc1ncc(-c2ccc(-c3ccc4c(ccc5[nH]c([C@@H]6CCCN6)nc54)c3)cc2F)[nH]1. The predicted octanol–water partition coefficient (Wildman–Crippen LogP) is 5.84. The number of hydrogen-bond donors (Lipinski definition) is 4. The summed E-state index contributed by atoms with van der Waals surface area (Å²) in [7, 11) is 0. The molecule has 0 spiro atoms. The molecule has 3 aromatic carbocycles. The summed E-state index contributed by atoms with van der Waals surface area (Å²) in [5, 5.41) is 9.01. The normalized spacial score (nSPS) is 16.0.